The van der Waals surface area contributed by atoms with Gasteiger partial charge in [0, 0.05) is 30.6 Å². The van der Waals surface area contributed by atoms with Crippen LogP contribution in [0.3, 0.4) is 0 Å². The number of aryl methyl sites for hydroxylation is 3. The number of rotatable bonds is 15. The lowest BCUT2D eigenvalue weighted by Gasteiger charge is -2.29. The molecule has 0 bridgehead atoms. The monoisotopic (exact) mass is 640 g/mol. The topological polar surface area (TPSA) is 107 Å². The van der Waals surface area contributed by atoms with Crippen LogP contribution in [-0.4, -0.2) is 60.7 Å². The van der Waals surface area contributed by atoms with Gasteiger partial charge in [-0.05, 0) is 92.3 Å². The number of aliphatic carboxylic acids is 1. The fourth-order valence-corrected chi connectivity index (χ4v) is 7.18. The molecule has 1 atom stereocenters. The Labute approximate surface area is 255 Å². The maximum Gasteiger partial charge on any atom is 0.416 e. The van der Waals surface area contributed by atoms with Crippen molar-refractivity contribution in [3.05, 3.63) is 75.5 Å². The number of alkyl halides is 3. The van der Waals surface area contributed by atoms with E-state index in [1.54, 1.807) is 12.3 Å². The van der Waals surface area contributed by atoms with Gasteiger partial charge in [0.1, 0.15) is 0 Å². The molecule has 0 spiro atoms. The Morgan fingerprint density at radius 2 is 1.77 bits per heavy atom. The third-order valence-electron chi connectivity index (χ3n) is 7.24. The molecule has 43 heavy (non-hydrogen) atoms. The molecule has 0 unspecified atom stereocenters. The molecule has 0 aliphatic heterocycles. The molecule has 236 valence electrons. The molecule has 0 aliphatic rings. The van der Waals surface area contributed by atoms with Gasteiger partial charge in [-0.25, -0.2) is 8.42 Å². The summed E-state index contributed by atoms with van der Waals surface area (Å²) >= 11 is 1.22. The minimum absolute atomic E-state index is 0.0420. The van der Waals surface area contributed by atoms with Crippen LogP contribution < -0.4 is 5.32 Å². The molecule has 0 radical (unpaired) electrons. The highest BCUT2D eigenvalue weighted by Crippen LogP contribution is 2.39. The number of thiophene rings is 1. The average molecular weight is 641 g/mol. The van der Waals surface area contributed by atoms with E-state index in [1.165, 1.54) is 30.0 Å². The van der Waals surface area contributed by atoms with Crippen LogP contribution in [0.4, 0.5) is 13.2 Å². The normalized spacial score (nSPS) is 13.4. The van der Waals surface area contributed by atoms with Crippen LogP contribution in [-0.2, 0) is 33.8 Å². The van der Waals surface area contributed by atoms with Gasteiger partial charge in [-0.15, -0.1) is 11.3 Å². The van der Waals surface area contributed by atoms with Gasteiger partial charge >= 0.3 is 12.1 Å². The van der Waals surface area contributed by atoms with Crippen LogP contribution in [0.5, 0.6) is 0 Å². The van der Waals surface area contributed by atoms with Crippen LogP contribution >= 0.6 is 11.3 Å². The smallest absolute Gasteiger partial charge is 0.416 e. The molecule has 1 heterocycles. The van der Waals surface area contributed by atoms with E-state index in [-0.39, 0.29) is 37.0 Å². The van der Waals surface area contributed by atoms with Gasteiger partial charge in [0.05, 0.1) is 23.0 Å². The van der Waals surface area contributed by atoms with Gasteiger partial charge in [0.25, 0.3) is 0 Å². The summed E-state index contributed by atoms with van der Waals surface area (Å²) in [6.45, 7) is 5.43. The SMILES string of the molecule is Cc1csc(CCC(=O)O)c1-c1cc(C(F)(F)F)cc(S(=O)(=O)N(C)C[C@@H](O)CNC(C)(C)CCCc2ccccc2)c1. The Hall–Kier alpha value is -2.77. The summed E-state index contributed by atoms with van der Waals surface area (Å²) in [6.07, 6.45) is -3.42. The van der Waals surface area contributed by atoms with Crippen molar-refractivity contribution in [1.29, 1.82) is 0 Å². The lowest BCUT2D eigenvalue weighted by Crippen LogP contribution is -2.46. The number of nitrogens with one attached hydrogen (secondary N) is 1. The number of likely N-dealkylation sites (N-methyl/N-ethyl adjacent to an activating group) is 1. The second kappa shape index (κ2) is 14.3. The molecule has 0 fully saturated rings. The summed E-state index contributed by atoms with van der Waals surface area (Å²) in [7, 11) is -3.21. The fourth-order valence-electron chi connectivity index (χ4n) is 4.85. The minimum Gasteiger partial charge on any atom is -0.481 e. The third kappa shape index (κ3) is 9.87. The van der Waals surface area contributed by atoms with Crippen molar-refractivity contribution >= 4 is 27.3 Å². The zero-order chi connectivity index (χ0) is 32.0. The summed E-state index contributed by atoms with van der Waals surface area (Å²) in [5, 5.41) is 24.7. The molecule has 2 aromatic carbocycles. The Bertz CT molecular complexity index is 1490. The highest BCUT2D eigenvalue weighted by Gasteiger charge is 2.34. The summed E-state index contributed by atoms with van der Waals surface area (Å²) in [4.78, 5) is 11.1. The molecule has 0 amide bonds. The van der Waals surface area contributed by atoms with E-state index >= 15 is 0 Å². The zero-order valence-electron chi connectivity index (χ0n) is 24.7. The van der Waals surface area contributed by atoms with E-state index in [2.05, 4.69) is 17.4 Å². The number of β-amino-alcohol motifs (C(OH)–C–C–N with tert-alkyl or cyclic N) is 1. The second-order valence-corrected chi connectivity index (χ2v) is 14.4. The van der Waals surface area contributed by atoms with Crippen LogP contribution in [0, 0.1) is 6.92 Å². The van der Waals surface area contributed by atoms with Crippen molar-refractivity contribution in [3.63, 3.8) is 0 Å². The molecular formula is C31H39F3N2O5S2. The molecule has 3 rings (SSSR count). The van der Waals surface area contributed by atoms with E-state index in [9.17, 15) is 31.5 Å². The Balaban J connectivity index is 1.75. The van der Waals surface area contributed by atoms with Crippen molar-refractivity contribution in [2.45, 2.75) is 75.6 Å². The molecule has 0 saturated carbocycles. The second-order valence-electron chi connectivity index (χ2n) is 11.4. The Kier molecular flexibility index (Phi) is 11.6. The zero-order valence-corrected chi connectivity index (χ0v) is 26.4. The van der Waals surface area contributed by atoms with Gasteiger partial charge in [-0.3, -0.25) is 4.79 Å². The standard InChI is InChI=1S/C31H39F3N2O5S2/c1-21-20-42-27(12-13-28(38)39)29(21)23-15-24(31(32,33)34)17-26(16-23)43(40,41)36(4)19-25(37)18-35-30(2,3)14-8-11-22-9-6-5-7-10-22/h5-7,9-10,15-17,20,25,35,37H,8,11-14,18-19H2,1-4H3,(H,38,39)/t25-/m0/s1. The lowest BCUT2D eigenvalue weighted by atomic mass is 9.95. The van der Waals surface area contributed by atoms with Crippen molar-refractivity contribution in [2.75, 3.05) is 20.1 Å². The van der Waals surface area contributed by atoms with Gasteiger partial charge in [0.15, 0.2) is 0 Å². The van der Waals surface area contributed by atoms with Crippen LogP contribution in [0.1, 0.15) is 54.7 Å². The molecule has 1 aromatic heterocycles. The van der Waals surface area contributed by atoms with Crippen molar-refractivity contribution < 1.29 is 36.6 Å². The predicted molar refractivity (Wildman–Crippen MR) is 163 cm³/mol. The van der Waals surface area contributed by atoms with Crippen molar-refractivity contribution in [2.24, 2.45) is 0 Å². The van der Waals surface area contributed by atoms with E-state index in [4.69, 9.17) is 5.11 Å². The molecule has 3 aromatic rings. The van der Waals surface area contributed by atoms with Crippen LogP contribution in [0.25, 0.3) is 11.1 Å². The van der Waals surface area contributed by atoms with E-state index in [1.807, 2.05) is 32.0 Å². The number of benzene rings is 2. The largest absolute Gasteiger partial charge is 0.481 e. The van der Waals surface area contributed by atoms with Gasteiger partial charge in [0.2, 0.25) is 10.0 Å². The first-order valence-corrected chi connectivity index (χ1v) is 16.3. The van der Waals surface area contributed by atoms with Crippen molar-refractivity contribution in [3.8, 4) is 11.1 Å². The van der Waals surface area contributed by atoms with Crippen molar-refractivity contribution in [1.82, 2.24) is 9.62 Å². The van der Waals surface area contributed by atoms with E-state index in [0.717, 1.165) is 29.6 Å². The first kappa shape index (κ1) is 34.7. The minimum atomic E-state index is -4.82. The van der Waals surface area contributed by atoms with E-state index < -0.39 is 38.7 Å². The Morgan fingerprint density at radius 3 is 2.40 bits per heavy atom. The highest BCUT2D eigenvalue weighted by molar-refractivity contribution is 7.89. The molecule has 12 heteroatoms. The van der Waals surface area contributed by atoms with E-state index in [0.29, 0.717) is 22.1 Å². The van der Waals surface area contributed by atoms with Gasteiger partial charge in [-0.2, -0.15) is 17.5 Å². The summed E-state index contributed by atoms with van der Waals surface area (Å²) in [5.41, 5.74) is 0.824. The summed E-state index contributed by atoms with van der Waals surface area (Å²) in [6, 6.07) is 12.7. The molecule has 0 saturated heterocycles. The quantitative estimate of drug-likeness (QED) is 0.185. The molecule has 7 nitrogen and oxygen atoms in total. The third-order valence-corrected chi connectivity index (χ3v) is 10.2. The summed E-state index contributed by atoms with van der Waals surface area (Å²) in [5.74, 6) is -1.05. The highest BCUT2D eigenvalue weighted by atomic mass is 32.2. The number of hydrogen-bond acceptors (Lipinski definition) is 6. The van der Waals surface area contributed by atoms with Crippen LogP contribution in [0.2, 0.25) is 0 Å². The van der Waals surface area contributed by atoms with Gasteiger partial charge < -0.3 is 15.5 Å². The molecule has 3 N–H and O–H groups in total. The number of carboxylic acid groups (broad SMARTS) is 1. The Morgan fingerprint density at radius 1 is 1.09 bits per heavy atom. The number of carboxylic acids is 1. The number of sulfonamides is 1. The first-order valence-electron chi connectivity index (χ1n) is 13.9. The first-order chi connectivity index (χ1) is 20.0. The summed E-state index contributed by atoms with van der Waals surface area (Å²) < 4.78 is 69.5. The number of aliphatic hydroxyl groups is 1. The number of nitrogens with zero attached hydrogens (tertiary/aromatic N) is 1. The number of hydrogen-bond donors (Lipinski definition) is 3. The molecule has 0 aliphatic carbocycles. The maximum atomic E-state index is 13.9. The number of aliphatic hydroxyl groups excluding tert-OH is 1. The van der Waals surface area contributed by atoms with Gasteiger partial charge in [-0.1, -0.05) is 30.3 Å². The molecular weight excluding hydrogens is 601 g/mol. The predicted octanol–water partition coefficient (Wildman–Crippen LogP) is 6.13. The maximum absolute atomic E-state index is 13.9. The number of halogens is 3. The fraction of sp³-hybridized carbons (Fsp3) is 0.452. The lowest BCUT2D eigenvalue weighted by molar-refractivity contribution is -0.138. The average Bonchev–Trinajstić information content (AvgIpc) is 3.30. The number of carbonyl (C=O) groups is 1. The van der Waals surface area contributed by atoms with Crippen LogP contribution in [0.15, 0.2) is 58.8 Å².